The van der Waals surface area contributed by atoms with Gasteiger partial charge in [-0.1, -0.05) is 40.9 Å². The van der Waals surface area contributed by atoms with E-state index in [-0.39, 0.29) is 28.8 Å². The van der Waals surface area contributed by atoms with Crippen molar-refractivity contribution in [1.29, 1.82) is 0 Å². The highest BCUT2D eigenvalue weighted by Crippen LogP contribution is 2.61. The number of benzene rings is 2. The minimum Gasteiger partial charge on any atom is -0.324 e. The molecule has 0 aliphatic carbocycles. The van der Waals surface area contributed by atoms with E-state index in [0.717, 1.165) is 24.0 Å². The first-order valence-electron chi connectivity index (χ1n) is 10.5. The molecule has 3 amide bonds. The summed E-state index contributed by atoms with van der Waals surface area (Å²) in [5.41, 5.74) is 1.26. The molecule has 2 aromatic rings. The molecule has 3 saturated heterocycles. The summed E-state index contributed by atoms with van der Waals surface area (Å²) in [6, 6.07) is 8.09. The molecular formula is C23H18Cl3N3O3. The lowest BCUT2D eigenvalue weighted by Crippen LogP contribution is -2.54. The first-order valence-corrected chi connectivity index (χ1v) is 11.6. The first kappa shape index (κ1) is 20.5. The molecule has 4 aliphatic heterocycles. The van der Waals surface area contributed by atoms with Crippen molar-refractivity contribution < 1.29 is 14.4 Å². The molecular weight excluding hydrogens is 473 g/mol. The highest BCUT2D eigenvalue weighted by Gasteiger charge is 2.74. The van der Waals surface area contributed by atoms with Crippen LogP contribution >= 0.6 is 34.8 Å². The summed E-state index contributed by atoms with van der Waals surface area (Å²) >= 11 is 18.5. The highest BCUT2D eigenvalue weighted by atomic mass is 35.5. The monoisotopic (exact) mass is 489 g/mol. The van der Waals surface area contributed by atoms with Crippen LogP contribution in [-0.4, -0.2) is 35.2 Å². The minimum atomic E-state index is -1.23. The summed E-state index contributed by atoms with van der Waals surface area (Å²) in [6.07, 6.45) is 1.62. The quantitative estimate of drug-likeness (QED) is 0.602. The van der Waals surface area contributed by atoms with Crippen LogP contribution in [0.15, 0.2) is 30.3 Å². The van der Waals surface area contributed by atoms with Gasteiger partial charge in [-0.05, 0) is 56.1 Å². The van der Waals surface area contributed by atoms with Crippen LogP contribution in [0.2, 0.25) is 15.1 Å². The average Bonchev–Trinajstić information content (AvgIpc) is 3.46. The summed E-state index contributed by atoms with van der Waals surface area (Å²) in [5.74, 6) is -2.37. The Bertz CT molecular complexity index is 1250. The number of nitrogens with one attached hydrogen (secondary N) is 1. The number of carbonyl (C=O) groups is 3. The van der Waals surface area contributed by atoms with Crippen molar-refractivity contribution in [2.24, 2.45) is 11.8 Å². The SMILES string of the molecule is Cc1c(Cl)ccc2c1NC(=O)[C@@]21[C@@H]2C(=O)N(c3ccc(Cl)c(Cl)c3)C(=O)[C@@H]2[C@H]2CCCN21. The maximum absolute atomic E-state index is 13.9. The lowest BCUT2D eigenvalue weighted by molar-refractivity contribution is -0.135. The third-order valence-electron chi connectivity index (χ3n) is 7.52. The molecule has 1 N–H and O–H groups in total. The molecule has 0 saturated carbocycles. The van der Waals surface area contributed by atoms with Gasteiger partial charge in [0, 0.05) is 16.6 Å². The van der Waals surface area contributed by atoms with Gasteiger partial charge in [0.25, 0.3) is 0 Å². The summed E-state index contributed by atoms with van der Waals surface area (Å²) in [4.78, 5) is 44.5. The number of carbonyl (C=O) groups excluding carboxylic acids is 3. The number of anilines is 2. The van der Waals surface area contributed by atoms with Crippen molar-refractivity contribution in [1.82, 2.24) is 4.90 Å². The van der Waals surface area contributed by atoms with E-state index >= 15 is 0 Å². The fourth-order valence-corrected chi connectivity index (χ4v) is 6.72. The van der Waals surface area contributed by atoms with Crippen LogP contribution in [0.5, 0.6) is 0 Å². The zero-order chi connectivity index (χ0) is 22.5. The zero-order valence-electron chi connectivity index (χ0n) is 17.0. The van der Waals surface area contributed by atoms with E-state index in [1.54, 1.807) is 18.2 Å². The predicted octanol–water partition coefficient (Wildman–Crippen LogP) is 4.39. The smallest absolute Gasteiger partial charge is 0.250 e. The van der Waals surface area contributed by atoms with Crippen molar-refractivity contribution >= 4 is 63.9 Å². The Hall–Kier alpha value is -2.12. The molecule has 9 heteroatoms. The second kappa shape index (κ2) is 6.70. The van der Waals surface area contributed by atoms with Crippen molar-refractivity contribution in [3.63, 3.8) is 0 Å². The molecule has 0 aromatic heterocycles. The van der Waals surface area contributed by atoms with Crippen LogP contribution in [0.3, 0.4) is 0 Å². The maximum Gasteiger partial charge on any atom is 0.250 e. The Kier molecular flexibility index (Phi) is 4.29. The molecule has 3 fully saturated rings. The topological polar surface area (TPSA) is 69.7 Å². The molecule has 32 heavy (non-hydrogen) atoms. The van der Waals surface area contributed by atoms with Crippen LogP contribution in [-0.2, 0) is 19.9 Å². The number of nitrogens with zero attached hydrogens (tertiary/aromatic N) is 2. The molecule has 0 unspecified atom stereocenters. The molecule has 6 rings (SSSR count). The van der Waals surface area contributed by atoms with Crippen LogP contribution < -0.4 is 10.2 Å². The fourth-order valence-electron chi connectivity index (χ4n) is 6.27. The van der Waals surface area contributed by atoms with Crippen LogP contribution in [0.4, 0.5) is 11.4 Å². The van der Waals surface area contributed by atoms with Crippen molar-refractivity contribution in [2.75, 3.05) is 16.8 Å². The number of hydrogen-bond donors (Lipinski definition) is 1. The fraction of sp³-hybridized carbons (Fsp3) is 0.348. The van der Waals surface area contributed by atoms with Crippen LogP contribution in [0.25, 0.3) is 0 Å². The lowest BCUT2D eigenvalue weighted by Gasteiger charge is -2.36. The molecule has 6 nitrogen and oxygen atoms in total. The Balaban J connectivity index is 1.56. The highest BCUT2D eigenvalue weighted by molar-refractivity contribution is 6.42. The zero-order valence-corrected chi connectivity index (χ0v) is 19.3. The minimum absolute atomic E-state index is 0.183. The number of hydrogen-bond acceptors (Lipinski definition) is 4. The Morgan fingerprint density at radius 2 is 1.75 bits per heavy atom. The summed E-state index contributed by atoms with van der Waals surface area (Å²) in [6.45, 7) is 2.50. The van der Waals surface area contributed by atoms with E-state index in [4.69, 9.17) is 34.8 Å². The standard InChI is InChI=1S/C23H18Cl3N3O3/c1-10-13(24)7-5-12-19(10)27-22(32)23(12)18-17(16-3-2-8-28(16)23)20(30)29(21(18)31)11-4-6-14(25)15(26)9-11/h4-7,9,16-18H,2-3,8H2,1H3,(H,27,32)/t16-,17-,18+,23+/m1/s1. The van der Waals surface area contributed by atoms with Crippen LogP contribution in [0, 0.1) is 18.8 Å². The van der Waals surface area contributed by atoms with E-state index in [9.17, 15) is 14.4 Å². The third-order valence-corrected chi connectivity index (χ3v) is 8.67. The van der Waals surface area contributed by atoms with Crippen molar-refractivity contribution in [3.8, 4) is 0 Å². The number of halogens is 3. The van der Waals surface area contributed by atoms with Crippen molar-refractivity contribution in [2.45, 2.75) is 31.3 Å². The molecule has 164 valence electrons. The molecule has 4 heterocycles. The first-order chi connectivity index (χ1) is 15.3. The Morgan fingerprint density at radius 1 is 1.00 bits per heavy atom. The number of imide groups is 1. The van der Waals surface area contributed by atoms with Gasteiger partial charge in [-0.15, -0.1) is 0 Å². The Morgan fingerprint density at radius 3 is 2.50 bits per heavy atom. The van der Waals surface area contributed by atoms with Gasteiger partial charge in [0.2, 0.25) is 17.7 Å². The van der Waals surface area contributed by atoms with E-state index in [2.05, 4.69) is 10.2 Å². The predicted molar refractivity (Wildman–Crippen MR) is 122 cm³/mol. The maximum atomic E-state index is 13.9. The van der Waals surface area contributed by atoms with Gasteiger partial charge >= 0.3 is 0 Å². The summed E-state index contributed by atoms with van der Waals surface area (Å²) in [5, 5.41) is 4.12. The molecule has 0 radical (unpaired) electrons. The van der Waals surface area contributed by atoms with Gasteiger partial charge in [0.05, 0.1) is 33.3 Å². The van der Waals surface area contributed by atoms with Gasteiger partial charge in [0.1, 0.15) is 5.54 Å². The number of amides is 3. The van der Waals surface area contributed by atoms with Gasteiger partial charge in [-0.3, -0.25) is 19.3 Å². The van der Waals surface area contributed by atoms with Crippen molar-refractivity contribution in [3.05, 3.63) is 56.5 Å². The lowest BCUT2D eigenvalue weighted by atomic mass is 9.75. The van der Waals surface area contributed by atoms with Gasteiger partial charge in [-0.25, -0.2) is 4.90 Å². The molecule has 1 spiro atoms. The summed E-state index contributed by atoms with van der Waals surface area (Å²) < 4.78 is 0. The normalized spacial score (nSPS) is 30.8. The largest absolute Gasteiger partial charge is 0.324 e. The van der Waals surface area contributed by atoms with Gasteiger partial charge in [-0.2, -0.15) is 0 Å². The van der Waals surface area contributed by atoms with E-state index in [1.165, 1.54) is 11.0 Å². The third kappa shape index (κ3) is 2.29. The number of fused-ring (bicyclic) bond motifs is 7. The number of rotatable bonds is 1. The molecule has 4 atom stereocenters. The van der Waals surface area contributed by atoms with E-state index in [1.807, 2.05) is 13.0 Å². The summed E-state index contributed by atoms with van der Waals surface area (Å²) in [7, 11) is 0. The van der Waals surface area contributed by atoms with Gasteiger partial charge in [0.15, 0.2) is 0 Å². The second-order valence-electron chi connectivity index (χ2n) is 8.83. The van der Waals surface area contributed by atoms with Crippen LogP contribution in [0.1, 0.15) is 24.0 Å². The molecule has 4 aliphatic rings. The Labute approximate surface area is 199 Å². The van der Waals surface area contributed by atoms with E-state index in [0.29, 0.717) is 28.0 Å². The second-order valence-corrected chi connectivity index (χ2v) is 10.1. The molecule has 0 bridgehead atoms. The average molecular weight is 491 g/mol. The molecule has 2 aromatic carbocycles. The van der Waals surface area contributed by atoms with E-state index < -0.39 is 17.4 Å². The van der Waals surface area contributed by atoms with Gasteiger partial charge < -0.3 is 5.32 Å².